The number of hydrogen-bond donors (Lipinski definition) is 1. The molecule has 0 unspecified atom stereocenters. The minimum Gasteiger partial charge on any atom is -0.395 e. The SMILES string of the molecule is Cc1csc(N2CCN(CCO)CC2)n1. The number of aliphatic hydroxyl groups excluding tert-OH is 1. The lowest BCUT2D eigenvalue weighted by molar-refractivity contribution is 0.189. The third-order valence-corrected chi connectivity index (χ3v) is 3.69. The highest BCUT2D eigenvalue weighted by Crippen LogP contribution is 2.21. The van der Waals surface area contributed by atoms with Crippen molar-refractivity contribution in [3.05, 3.63) is 11.1 Å². The lowest BCUT2D eigenvalue weighted by Gasteiger charge is -2.34. The van der Waals surface area contributed by atoms with Gasteiger partial charge in [0.1, 0.15) is 0 Å². The van der Waals surface area contributed by atoms with Crippen LogP contribution in [0.25, 0.3) is 0 Å². The van der Waals surface area contributed by atoms with Crippen LogP contribution < -0.4 is 4.90 Å². The Balaban J connectivity index is 1.88. The maximum Gasteiger partial charge on any atom is 0.185 e. The number of rotatable bonds is 3. The fourth-order valence-corrected chi connectivity index (χ4v) is 2.65. The molecule has 0 aromatic carbocycles. The molecule has 1 fully saturated rings. The molecular formula is C10H17N3OS. The summed E-state index contributed by atoms with van der Waals surface area (Å²) >= 11 is 1.72. The summed E-state index contributed by atoms with van der Waals surface area (Å²) in [5, 5.41) is 12.1. The van der Waals surface area contributed by atoms with Crippen LogP contribution in [0.4, 0.5) is 5.13 Å². The van der Waals surface area contributed by atoms with Crippen molar-refractivity contribution < 1.29 is 5.11 Å². The molecule has 0 saturated carbocycles. The van der Waals surface area contributed by atoms with Gasteiger partial charge in [0, 0.05) is 38.1 Å². The fourth-order valence-electron chi connectivity index (χ4n) is 1.79. The van der Waals surface area contributed by atoms with E-state index in [0.29, 0.717) is 0 Å². The third kappa shape index (κ3) is 2.68. The van der Waals surface area contributed by atoms with E-state index in [-0.39, 0.29) is 6.61 Å². The number of hydrogen-bond acceptors (Lipinski definition) is 5. The van der Waals surface area contributed by atoms with Crippen molar-refractivity contribution in [2.45, 2.75) is 6.92 Å². The van der Waals surface area contributed by atoms with Crippen molar-refractivity contribution >= 4 is 16.5 Å². The van der Waals surface area contributed by atoms with Crippen LogP contribution in [-0.4, -0.2) is 54.3 Å². The summed E-state index contributed by atoms with van der Waals surface area (Å²) in [4.78, 5) is 9.10. The molecule has 1 N–H and O–H groups in total. The van der Waals surface area contributed by atoms with Crippen LogP contribution in [0, 0.1) is 6.92 Å². The Hall–Kier alpha value is -0.650. The molecule has 0 aliphatic carbocycles. The first-order valence-electron chi connectivity index (χ1n) is 5.30. The average Bonchev–Trinajstić information content (AvgIpc) is 2.67. The van der Waals surface area contributed by atoms with Crippen molar-refractivity contribution in [3.63, 3.8) is 0 Å². The molecule has 0 radical (unpaired) electrons. The van der Waals surface area contributed by atoms with Gasteiger partial charge in [0.15, 0.2) is 5.13 Å². The summed E-state index contributed by atoms with van der Waals surface area (Å²) < 4.78 is 0. The Bertz CT molecular complexity index is 307. The van der Waals surface area contributed by atoms with Gasteiger partial charge < -0.3 is 10.0 Å². The molecule has 5 heteroatoms. The summed E-state index contributed by atoms with van der Waals surface area (Å²) in [7, 11) is 0. The van der Waals surface area contributed by atoms with Gasteiger partial charge in [-0.1, -0.05) is 0 Å². The highest BCUT2D eigenvalue weighted by atomic mass is 32.1. The van der Waals surface area contributed by atoms with Gasteiger partial charge in [0.05, 0.1) is 12.3 Å². The number of aliphatic hydroxyl groups is 1. The molecule has 15 heavy (non-hydrogen) atoms. The molecule has 0 spiro atoms. The van der Waals surface area contributed by atoms with Gasteiger partial charge >= 0.3 is 0 Å². The predicted octanol–water partition coefficient (Wildman–Crippen LogP) is 0.566. The Kier molecular flexibility index (Phi) is 3.56. The van der Waals surface area contributed by atoms with Crippen molar-refractivity contribution in [1.29, 1.82) is 0 Å². The second kappa shape index (κ2) is 4.92. The van der Waals surface area contributed by atoms with Crippen molar-refractivity contribution in [2.75, 3.05) is 44.2 Å². The summed E-state index contributed by atoms with van der Waals surface area (Å²) in [5.41, 5.74) is 1.10. The highest BCUT2D eigenvalue weighted by Gasteiger charge is 2.18. The second-order valence-electron chi connectivity index (χ2n) is 3.82. The van der Waals surface area contributed by atoms with Crippen LogP contribution in [0.1, 0.15) is 5.69 Å². The van der Waals surface area contributed by atoms with Crippen LogP contribution in [0.3, 0.4) is 0 Å². The summed E-state index contributed by atoms with van der Waals surface area (Å²) in [6, 6.07) is 0. The third-order valence-electron chi connectivity index (χ3n) is 2.67. The first-order chi connectivity index (χ1) is 7.29. The summed E-state index contributed by atoms with van der Waals surface area (Å²) in [6.07, 6.45) is 0. The largest absolute Gasteiger partial charge is 0.395 e. The highest BCUT2D eigenvalue weighted by molar-refractivity contribution is 7.13. The monoisotopic (exact) mass is 227 g/mol. The molecule has 0 bridgehead atoms. The topological polar surface area (TPSA) is 39.6 Å². The second-order valence-corrected chi connectivity index (χ2v) is 4.66. The van der Waals surface area contributed by atoms with Crippen LogP contribution in [-0.2, 0) is 0 Å². The van der Waals surface area contributed by atoms with Crippen LogP contribution in [0.15, 0.2) is 5.38 Å². The summed E-state index contributed by atoms with van der Waals surface area (Å²) in [5.74, 6) is 0. The Morgan fingerprint density at radius 3 is 2.67 bits per heavy atom. The van der Waals surface area contributed by atoms with Gasteiger partial charge in [-0.2, -0.15) is 0 Å². The van der Waals surface area contributed by atoms with Gasteiger partial charge in [0.2, 0.25) is 0 Å². The van der Waals surface area contributed by atoms with Crippen molar-refractivity contribution in [1.82, 2.24) is 9.88 Å². The van der Waals surface area contributed by atoms with E-state index in [1.165, 1.54) is 0 Å². The molecule has 1 aromatic heterocycles. The Labute approximate surface area is 94.2 Å². The number of aromatic nitrogens is 1. The first kappa shape index (κ1) is 10.9. The normalized spacial score (nSPS) is 18.4. The Morgan fingerprint density at radius 2 is 2.13 bits per heavy atom. The molecule has 0 atom stereocenters. The number of thiazole rings is 1. The first-order valence-corrected chi connectivity index (χ1v) is 6.18. The minimum absolute atomic E-state index is 0.260. The lowest BCUT2D eigenvalue weighted by atomic mass is 10.3. The van der Waals surface area contributed by atoms with E-state index in [1.807, 2.05) is 6.92 Å². The van der Waals surface area contributed by atoms with Crippen molar-refractivity contribution in [2.24, 2.45) is 0 Å². The van der Waals surface area contributed by atoms with E-state index in [2.05, 4.69) is 20.2 Å². The minimum atomic E-state index is 0.260. The van der Waals surface area contributed by atoms with Gasteiger partial charge in [0.25, 0.3) is 0 Å². The van der Waals surface area contributed by atoms with E-state index in [1.54, 1.807) is 11.3 Å². The van der Waals surface area contributed by atoms with E-state index in [0.717, 1.165) is 43.5 Å². The van der Waals surface area contributed by atoms with Crippen LogP contribution >= 0.6 is 11.3 Å². The van der Waals surface area contributed by atoms with E-state index < -0.39 is 0 Å². The molecular weight excluding hydrogens is 210 g/mol. The number of nitrogens with zero attached hydrogens (tertiary/aromatic N) is 3. The zero-order chi connectivity index (χ0) is 10.7. The van der Waals surface area contributed by atoms with Gasteiger partial charge in [-0.05, 0) is 6.92 Å². The molecule has 1 aromatic rings. The molecule has 0 amide bonds. The van der Waals surface area contributed by atoms with Crippen LogP contribution in [0.2, 0.25) is 0 Å². The van der Waals surface area contributed by atoms with E-state index >= 15 is 0 Å². The van der Waals surface area contributed by atoms with Crippen LogP contribution in [0.5, 0.6) is 0 Å². The van der Waals surface area contributed by atoms with Gasteiger partial charge in [-0.15, -0.1) is 11.3 Å². The zero-order valence-electron chi connectivity index (χ0n) is 9.02. The maximum atomic E-state index is 8.84. The number of aryl methyl sites for hydroxylation is 1. The summed E-state index contributed by atoms with van der Waals surface area (Å²) in [6.45, 7) is 7.18. The van der Waals surface area contributed by atoms with Crippen molar-refractivity contribution in [3.8, 4) is 0 Å². The molecule has 2 rings (SSSR count). The molecule has 2 heterocycles. The maximum absolute atomic E-state index is 8.84. The van der Waals surface area contributed by atoms with Gasteiger partial charge in [-0.25, -0.2) is 4.98 Å². The smallest absolute Gasteiger partial charge is 0.185 e. The van der Waals surface area contributed by atoms with E-state index in [9.17, 15) is 0 Å². The Morgan fingerprint density at radius 1 is 1.40 bits per heavy atom. The van der Waals surface area contributed by atoms with Gasteiger partial charge in [-0.3, -0.25) is 4.90 Å². The average molecular weight is 227 g/mol. The molecule has 1 saturated heterocycles. The molecule has 1 aliphatic rings. The molecule has 84 valence electrons. The predicted molar refractivity (Wildman–Crippen MR) is 62.6 cm³/mol. The number of β-amino-alcohol motifs (C(OH)–C–C–N with tert-alkyl or cyclic N) is 1. The molecule has 4 nitrogen and oxygen atoms in total. The quantitative estimate of drug-likeness (QED) is 0.819. The number of piperazine rings is 1. The number of anilines is 1. The molecule has 1 aliphatic heterocycles. The van der Waals surface area contributed by atoms with E-state index in [4.69, 9.17) is 5.11 Å². The standard InChI is InChI=1S/C10H17N3OS/c1-9-8-15-10(11-9)13-4-2-12(3-5-13)6-7-14/h8,14H,2-7H2,1H3. The fraction of sp³-hybridized carbons (Fsp3) is 0.700. The lowest BCUT2D eigenvalue weighted by Crippen LogP contribution is -2.47. The zero-order valence-corrected chi connectivity index (χ0v) is 9.83.